The molecule has 2 unspecified atom stereocenters. The van der Waals surface area contributed by atoms with Crippen molar-refractivity contribution in [2.45, 2.75) is 31.7 Å². The average molecular weight is 410 g/mol. The van der Waals surface area contributed by atoms with Crippen LogP contribution >= 0.6 is 31.9 Å². The zero-order chi connectivity index (χ0) is 14.8. The van der Waals surface area contributed by atoms with E-state index >= 15 is 0 Å². The van der Waals surface area contributed by atoms with Gasteiger partial charge in [-0.15, -0.1) is 0 Å². The van der Waals surface area contributed by atoms with Crippen LogP contribution in [-0.4, -0.2) is 11.5 Å². The fourth-order valence-electron chi connectivity index (χ4n) is 3.08. The van der Waals surface area contributed by atoms with Gasteiger partial charge < -0.3 is 5.32 Å². The summed E-state index contributed by atoms with van der Waals surface area (Å²) >= 11 is 7.12. The summed E-state index contributed by atoms with van der Waals surface area (Å²) < 4.78 is 2.07. The van der Waals surface area contributed by atoms with Crippen molar-refractivity contribution in [2.24, 2.45) is 0 Å². The average Bonchev–Trinajstić information content (AvgIpc) is 2.44. The maximum Gasteiger partial charge on any atom is 0.0715 e. The minimum atomic E-state index is 0.288. The van der Waals surface area contributed by atoms with E-state index in [4.69, 9.17) is 0 Å². The second kappa shape index (κ2) is 6.59. The van der Waals surface area contributed by atoms with Crippen LogP contribution in [0, 0.1) is 0 Å². The predicted octanol–water partition coefficient (Wildman–Crippen LogP) is 4.99. The molecule has 4 heteroatoms. The smallest absolute Gasteiger partial charge is 0.0715 e. The van der Waals surface area contributed by atoms with Crippen LogP contribution in [0.15, 0.2) is 45.5 Å². The van der Waals surface area contributed by atoms with Gasteiger partial charge in [0.05, 0.1) is 11.7 Å². The molecule has 110 valence electrons. The second-order valence-electron chi connectivity index (χ2n) is 5.47. The summed E-state index contributed by atoms with van der Waals surface area (Å²) in [5.41, 5.74) is 4.11. The van der Waals surface area contributed by atoms with E-state index < -0.39 is 0 Å². The van der Waals surface area contributed by atoms with Crippen molar-refractivity contribution >= 4 is 31.9 Å². The lowest BCUT2D eigenvalue weighted by Crippen LogP contribution is -2.28. The van der Waals surface area contributed by atoms with Gasteiger partial charge in [-0.25, -0.2) is 0 Å². The Bertz CT molecular complexity index is 642. The van der Waals surface area contributed by atoms with E-state index in [2.05, 4.69) is 79.4 Å². The maximum atomic E-state index is 4.61. The molecule has 1 aliphatic rings. The highest BCUT2D eigenvalue weighted by molar-refractivity contribution is 9.11. The normalized spacial score (nSPS) is 18.0. The van der Waals surface area contributed by atoms with E-state index in [-0.39, 0.29) is 6.04 Å². The van der Waals surface area contributed by atoms with E-state index in [1.165, 1.54) is 17.5 Å². The van der Waals surface area contributed by atoms with E-state index in [0.29, 0.717) is 5.92 Å². The first kappa shape index (κ1) is 15.2. The third kappa shape index (κ3) is 3.22. The Morgan fingerprint density at radius 1 is 1.33 bits per heavy atom. The van der Waals surface area contributed by atoms with Gasteiger partial charge in [-0.2, -0.15) is 0 Å². The van der Waals surface area contributed by atoms with Gasteiger partial charge in [0.15, 0.2) is 0 Å². The van der Waals surface area contributed by atoms with Crippen molar-refractivity contribution in [1.29, 1.82) is 0 Å². The standard InChI is InChI=1S/C17H18Br2N2/c1-2-20-16(17-15(19)9-13(18)10-21-17)8-12-7-11-5-3-4-6-14(11)12/h3-6,9-10,12,16,20H,2,7-8H2,1H3. The molecule has 0 bridgehead atoms. The van der Waals surface area contributed by atoms with Crippen molar-refractivity contribution in [3.8, 4) is 0 Å². The Labute approximate surface area is 142 Å². The molecule has 0 radical (unpaired) electrons. The van der Waals surface area contributed by atoms with Gasteiger partial charge in [-0.1, -0.05) is 31.2 Å². The fraction of sp³-hybridized carbons (Fsp3) is 0.353. The summed E-state index contributed by atoms with van der Waals surface area (Å²) in [5, 5.41) is 3.58. The van der Waals surface area contributed by atoms with Crippen molar-refractivity contribution in [2.75, 3.05) is 6.54 Å². The molecule has 1 N–H and O–H groups in total. The number of nitrogens with one attached hydrogen (secondary N) is 1. The van der Waals surface area contributed by atoms with Crippen LogP contribution in [0.4, 0.5) is 0 Å². The third-order valence-electron chi connectivity index (χ3n) is 4.10. The summed E-state index contributed by atoms with van der Waals surface area (Å²) in [6.07, 6.45) is 4.16. The number of pyridine rings is 1. The molecule has 1 aliphatic carbocycles. The van der Waals surface area contributed by atoms with Crippen LogP contribution in [0.3, 0.4) is 0 Å². The molecule has 1 aromatic carbocycles. The first-order valence-electron chi connectivity index (χ1n) is 7.31. The Hall–Kier alpha value is -0.710. The monoisotopic (exact) mass is 408 g/mol. The Kier molecular flexibility index (Phi) is 4.77. The van der Waals surface area contributed by atoms with Gasteiger partial charge >= 0.3 is 0 Å². The summed E-state index contributed by atoms with van der Waals surface area (Å²) in [6.45, 7) is 3.09. The van der Waals surface area contributed by atoms with Crippen molar-refractivity contribution in [3.63, 3.8) is 0 Å². The molecule has 1 heterocycles. The van der Waals surface area contributed by atoms with Crippen molar-refractivity contribution < 1.29 is 0 Å². The highest BCUT2D eigenvalue weighted by Crippen LogP contribution is 2.41. The molecule has 0 fully saturated rings. The molecule has 2 nitrogen and oxygen atoms in total. The van der Waals surface area contributed by atoms with Gasteiger partial charge in [0.1, 0.15) is 0 Å². The lowest BCUT2D eigenvalue weighted by molar-refractivity contribution is 0.427. The minimum Gasteiger partial charge on any atom is -0.309 e. The minimum absolute atomic E-state index is 0.288. The van der Waals surface area contributed by atoms with Crippen LogP contribution in [0.25, 0.3) is 0 Å². The quantitative estimate of drug-likeness (QED) is 0.752. The van der Waals surface area contributed by atoms with Crippen molar-refractivity contribution in [3.05, 3.63) is 62.3 Å². The summed E-state index contributed by atoms with van der Waals surface area (Å²) in [5.74, 6) is 0.641. The second-order valence-corrected chi connectivity index (χ2v) is 7.24. The molecule has 0 amide bonds. The molecular weight excluding hydrogens is 392 g/mol. The summed E-state index contributed by atoms with van der Waals surface area (Å²) in [4.78, 5) is 4.61. The molecule has 0 aliphatic heterocycles. The molecule has 21 heavy (non-hydrogen) atoms. The lowest BCUT2D eigenvalue weighted by Gasteiger charge is -2.33. The van der Waals surface area contributed by atoms with Crippen LogP contribution in [0.2, 0.25) is 0 Å². The third-order valence-corrected chi connectivity index (χ3v) is 5.17. The lowest BCUT2D eigenvalue weighted by atomic mass is 9.74. The molecular formula is C17H18Br2N2. The number of halogens is 2. The summed E-state index contributed by atoms with van der Waals surface area (Å²) in [7, 11) is 0. The van der Waals surface area contributed by atoms with E-state index in [9.17, 15) is 0 Å². The molecule has 3 rings (SSSR count). The number of hydrogen-bond donors (Lipinski definition) is 1. The topological polar surface area (TPSA) is 24.9 Å². The first-order chi connectivity index (χ1) is 10.2. The van der Waals surface area contributed by atoms with Gasteiger partial charge in [0.2, 0.25) is 0 Å². The highest BCUT2D eigenvalue weighted by Gasteiger charge is 2.29. The zero-order valence-electron chi connectivity index (χ0n) is 11.9. The van der Waals surface area contributed by atoms with Gasteiger partial charge in [-0.3, -0.25) is 4.98 Å². The number of nitrogens with zero attached hydrogens (tertiary/aromatic N) is 1. The highest BCUT2D eigenvalue weighted by atomic mass is 79.9. The molecule has 0 saturated heterocycles. The van der Waals surface area contributed by atoms with Crippen LogP contribution in [-0.2, 0) is 6.42 Å². The van der Waals surface area contributed by atoms with Gasteiger partial charge in [0, 0.05) is 15.1 Å². The van der Waals surface area contributed by atoms with E-state index in [1.54, 1.807) is 0 Å². The number of benzene rings is 1. The molecule has 1 aromatic heterocycles. The van der Waals surface area contributed by atoms with Crippen LogP contribution < -0.4 is 5.32 Å². The Balaban J connectivity index is 1.80. The fourth-order valence-corrected chi connectivity index (χ4v) is 4.34. The predicted molar refractivity (Wildman–Crippen MR) is 93.6 cm³/mol. The van der Waals surface area contributed by atoms with Crippen molar-refractivity contribution in [1.82, 2.24) is 10.3 Å². The Morgan fingerprint density at radius 2 is 2.14 bits per heavy atom. The molecule has 2 aromatic rings. The van der Waals surface area contributed by atoms with E-state index in [1.807, 2.05) is 6.20 Å². The SMILES string of the molecule is CCNC(CC1Cc2ccccc21)c1ncc(Br)cc1Br. The molecule has 2 atom stereocenters. The molecule has 0 spiro atoms. The number of hydrogen-bond acceptors (Lipinski definition) is 2. The van der Waals surface area contributed by atoms with Gasteiger partial charge in [-0.05, 0) is 74.4 Å². The van der Waals surface area contributed by atoms with E-state index in [0.717, 1.165) is 27.6 Å². The molecule has 0 saturated carbocycles. The van der Waals surface area contributed by atoms with Crippen LogP contribution in [0.1, 0.15) is 42.1 Å². The number of fused-ring (bicyclic) bond motifs is 1. The first-order valence-corrected chi connectivity index (χ1v) is 8.89. The van der Waals surface area contributed by atoms with Gasteiger partial charge in [0.25, 0.3) is 0 Å². The van der Waals surface area contributed by atoms with Crippen LogP contribution in [0.5, 0.6) is 0 Å². The number of aromatic nitrogens is 1. The summed E-state index contributed by atoms with van der Waals surface area (Å²) in [6, 6.07) is 11.1. The zero-order valence-corrected chi connectivity index (χ0v) is 15.1. The largest absolute Gasteiger partial charge is 0.309 e. The maximum absolute atomic E-state index is 4.61. The number of rotatable bonds is 5. The Morgan fingerprint density at radius 3 is 2.86 bits per heavy atom.